The summed E-state index contributed by atoms with van der Waals surface area (Å²) in [5.74, 6) is 0. The molecule has 0 aliphatic heterocycles. The fourth-order valence-electron chi connectivity index (χ4n) is 1.06. The first-order chi connectivity index (χ1) is 6.86. The van der Waals surface area contributed by atoms with Crippen LogP contribution in [0.5, 0.6) is 0 Å². The van der Waals surface area contributed by atoms with Crippen molar-refractivity contribution in [3.05, 3.63) is 53.8 Å². The van der Waals surface area contributed by atoms with Crippen LogP contribution in [0.3, 0.4) is 0 Å². The maximum Gasteiger partial charge on any atom is 0.0991 e. The molecule has 0 amide bonds. The van der Waals surface area contributed by atoms with Crippen LogP contribution in [-0.4, -0.2) is 6.54 Å². The topological polar surface area (TPSA) is 35.8 Å². The van der Waals surface area contributed by atoms with Gasteiger partial charge >= 0.3 is 0 Å². The number of hydrogen-bond acceptors (Lipinski definition) is 2. The van der Waals surface area contributed by atoms with E-state index in [0.717, 1.165) is 13.1 Å². The average molecular weight is 184 g/mol. The first-order valence-corrected chi connectivity index (χ1v) is 4.41. The van der Waals surface area contributed by atoms with E-state index in [0.29, 0.717) is 5.56 Å². The molecule has 1 rings (SSSR count). The van der Waals surface area contributed by atoms with Gasteiger partial charge in [-0.15, -0.1) is 5.73 Å². The van der Waals surface area contributed by atoms with Gasteiger partial charge in [-0.25, -0.2) is 0 Å². The summed E-state index contributed by atoms with van der Waals surface area (Å²) in [6.45, 7) is 5.03. The van der Waals surface area contributed by atoms with Crippen molar-refractivity contribution in [3.8, 4) is 6.07 Å². The largest absolute Gasteiger partial charge is 0.309 e. The second-order valence-electron chi connectivity index (χ2n) is 2.85. The van der Waals surface area contributed by atoms with Gasteiger partial charge in [0, 0.05) is 13.1 Å². The molecule has 0 aliphatic carbocycles. The van der Waals surface area contributed by atoms with Gasteiger partial charge in [-0.3, -0.25) is 0 Å². The Bertz CT molecular complexity index is 364. The zero-order chi connectivity index (χ0) is 10.2. The maximum absolute atomic E-state index is 8.59. The molecule has 2 heteroatoms. The molecule has 1 aromatic carbocycles. The molecular formula is C12H12N2. The fraction of sp³-hybridized carbons (Fsp3) is 0.167. The van der Waals surface area contributed by atoms with E-state index in [2.05, 4.69) is 23.7 Å². The fourth-order valence-corrected chi connectivity index (χ4v) is 1.06. The van der Waals surface area contributed by atoms with Crippen LogP contribution in [-0.2, 0) is 6.54 Å². The van der Waals surface area contributed by atoms with Gasteiger partial charge in [0.1, 0.15) is 0 Å². The first kappa shape index (κ1) is 10.3. The van der Waals surface area contributed by atoms with Gasteiger partial charge in [-0.05, 0) is 23.8 Å². The van der Waals surface area contributed by atoms with Gasteiger partial charge in [-0.1, -0.05) is 18.7 Å². The Morgan fingerprint density at radius 2 is 2.07 bits per heavy atom. The highest BCUT2D eigenvalue weighted by atomic mass is 14.8. The van der Waals surface area contributed by atoms with E-state index in [4.69, 9.17) is 5.26 Å². The number of hydrogen-bond donors (Lipinski definition) is 1. The van der Waals surface area contributed by atoms with Gasteiger partial charge < -0.3 is 5.32 Å². The van der Waals surface area contributed by atoms with Crippen LogP contribution in [0.15, 0.2) is 42.7 Å². The first-order valence-electron chi connectivity index (χ1n) is 4.41. The molecule has 14 heavy (non-hydrogen) atoms. The summed E-state index contributed by atoms with van der Waals surface area (Å²) in [6, 6.07) is 9.62. The monoisotopic (exact) mass is 184 g/mol. The Labute approximate surface area is 84.2 Å². The highest BCUT2D eigenvalue weighted by molar-refractivity contribution is 5.31. The second kappa shape index (κ2) is 5.77. The van der Waals surface area contributed by atoms with Crippen LogP contribution in [0.25, 0.3) is 0 Å². The summed E-state index contributed by atoms with van der Waals surface area (Å²) in [5, 5.41) is 11.8. The summed E-state index contributed by atoms with van der Waals surface area (Å²) in [6.07, 6.45) is 1.84. The molecule has 0 heterocycles. The van der Waals surface area contributed by atoms with Crippen molar-refractivity contribution in [1.29, 1.82) is 5.26 Å². The smallest absolute Gasteiger partial charge is 0.0991 e. The molecule has 1 N–H and O–H groups in total. The van der Waals surface area contributed by atoms with E-state index < -0.39 is 0 Å². The van der Waals surface area contributed by atoms with E-state index in [-0.39, 0.29) is 0 Å². The number of rotatable bonds is 4. The van der Waals surface area contributed by atoms with Gasteiger partial charge in [0.15, 0.2) is 0 Å². The number of nitrogens with one attached hydrogen (secondary N) is 1. The summed E-state index contributed by atoms with van der Waals surface area (Å²) >= 11 is 0. The molecule has 0 atom stereocenters. The lowest BCUT2D eigenvalue weighted by atomic mass is 10.1. The minimum Gasteiger partial charge on any atom is -0.309 e. The molecule has 0 aliphatic rings. The third-order valence-corrected chi connectivity index (χ3v) is 1.80. The second-order valence-corrected chi connectivity index (χ2v) is 2.85. The van der Waals surface area contributed by atoms with E-state index in [1.54, 1.807) is 0 Å². The summed E-state index contributed by atoms with van der Waals surface area (Å²) in [7, 11) is 0. The molecular weight excluding hydrogens is 172 g/mol. The third kappa shape index (κ3) is 3.28. The van der Waals surface area contributed by atoms with Crippen molar-refractivity contribution in [2.45, 2.75) is 6.54 Å². The Morgan fingerprint density at radius 3 is 2.64 bits per heavy atom. The van der Waals surface area contributed by atoms with Crippen LogP contribution < -0.4 is 5.32 Å². The molecule has 2 nitrogen and oxygen atoms in total. The Hall–Kier alpha value is -1.81. The van der Waals surface area contributed by atoms with E-state index in [1.807, 2.05) is 30.3 Å². The molecule has 0 bridgehead atoms. The van der Waals surface area contributed by atoms with E-state index in [9.17, 15) is 0 Å². The molecule has 0 radical (unpaired) electrons. The van der Waals surface area contributed by atoms with Crippen LogP contribution >= 0.6 is 0 Å². The van der Waals surface area contributed by atoms with Crippen LogP contribution in [0, 0.1) is 11.3 Å². The van der Waals surface area contributed by atoms with Gasteiger partial charge in [-0.2, -0.15) is 5.26 Å². The molecule has 0 saturated carbocycles. The van der Waals surface area contributed by atoms with Crippen molar-refractivity contribution in [3.63, 3.8) is 0 Å². The zero-order valence-corrected chi connectivity index (χ0v) is 7.96. The average Bonchev–Trinajstić information content (AvgIpc) is 2.25. The highest BCUT2D eigenvalue weighted by Gasteiger charge is 1.92. The summed E-state index contributed by atoms with van der Waals surface area (Å²) in [5.41, 5.74) is 4.55. The normalized spacial score (nSPS) is 8.79. The molecule has 70 valence electrons. The van der Waals surface area contributed by atoms with Crippen LogP contribution in [0.4, 0.5) is 0 Å². The number of benzene rings is 1. The maximum atomic E-state index is 8.59. The Kier molecular flexibility index (Phi) is 4.23. The predicted octanol–water partition coefficient (Wildman–Crippen LogP) is 1.99. The number of nitriles is 1. The van der Waals surface area contributed by atoms with Crippen LogP contribution in [0.2, 0.25) is 0 Å². The Morgan fingerprint density at radius 1 is 1.36 bits per heavy atom. The lowest BCUT2D eigenvalue weighted by molar-refractivity contribution is 0.760. The number of nitrogens with zero attached hydrogens (tertiary/aromatic N) is 1. The van der Waals surface area contributed by atoms with Crippen molar-refractivity contribution >= 4 is 0 Å². The summed E-state index contributed by atoms with van der Waals surface area (Å²) < 4.78 is 0. The molecule has 0 aromatic heterocycles. The van der Waals surface area contributed by atoms with Crippen molar-refractivity contribution in [2.24, 2.45) is 0 Å². The third-order valence-electron chi connectivity index (χ3n) is 1.80. The lowest BCUT2D eigenvalue weighted by Crippen LogP contribution is -2.12. The van der Waals surface area contributed by atoms with E-state index >= 15 is 0 Å². The standard InChI is InChI=1S/C12H12N2/c1-2-3-8-14-10-12-6-4-11(9-13)5-7-12/h3-7,14H,1,8,10H2. The minimum absolute atomic E-state index is 0.694. The minimum atomic E-state index is 0.694. The molecule has 0 spiro atoms. The van der Waals surface area contributed by atoms with Gasteiger partial charge in [0.05, 0.1) is 11.6 Å². The van der Waals surface area contributed by atoms with Crippen molar-refractivity contribution < 1.29 is 0 Å². The SMILES string of the molecule is C=C=CCNCc1ccc(C#N)cc1. The van der Waals surface area contributed by atoms with Gasteiger partial charge in [0.2, 0.25) is 0 Å². The van der Waals surface area contributed by atoms with Crippen molar-refractivity contribution in [1.82, 2.24) is 5.32 Å². The Balaban J connectivity index is 2.44. The molecule has 0 unspecified atom stereocenters. The van der Waals surface area contributed by atoms with Crippen LogP contribution in [0.1, 0.15) is 11.1 Å². The zero-order valence-electron chi connectivity index (χ0n) is 7.96. The van der Waals surface area contributed by atoms with Gasteiger partial charge in [0.25, 0.3) is 0 Å². The summed E-state index contributed by atoms with van der Waals surface area (Å²) in [4.78, 5) is 0. The molecule has 0 fully saturated rings. The predicted molar refractivity (Wildman–Crippen MR) is 56.6 cm³/mol. The van der Waals surface area contributed by atoms with Crippen molar-refractivity contribution in [2.75, 3.05) is 6.54 Å². The quantitative estimate of drug-likeness (QED) is 0.573. The highest BCUT2D eigenvalue weighted by Crippen LogP contribution is 2.02. The van der Waals surface area contributed by atoms with E-state index in [1.165, 1.54) is 5.56 Å². The molecule has 1 aromatic rings. The lowest BCUT2D eigenvalue weighted by Gasteiger charge is -2.00. The molecule has 0 saturated heterocycles.